The van der Waals surface area contributed by atoms with Crippen LogP contribution < -0.4 is 5.30 Å². The van der Waals surface area contributed by atoms with Gasteiger partial charge in [0.15, 0.2) is 0 Å². The van der Waals surface area contributed by atoms with E-state index in [1.807, 2.05) is 0 Å². The van der Waals surface area contributed by atoms with Crippen LogP contribution in [0.5, 0.6) is 0 Å². The third-order valence-electron chi connectivity index (χ3n) is 1.16. The standard InChI is InChI=1S/C6H7O3PS.3Na.3H/c7-11(8,9)6-3-1-2-5(10)4-6;;;;;;/h1-4H,10H2,(H,7,8,9);;;;;;. The molecule has 1 N–H and O–H groups in total. The van der Waals surface area contributed by atoms with Gasteiger partial charge in [0.05, 0.1) is 4.90 Å². The van der Waals surface area contributed by atoms with Gasteiger partial charge in [-0.15, -0.1) is 9.24 Å². The van der Waals surface area contributed by atoms with Gasteiger partial charge in [-0.05, 0) is 17.4 Å². The van der Waals surface area contributed by atoms with Crippen LogP contribution in [0.1, 0.15) is 0 Å². The quantitative estimate of drug-likeness (QED) is 0.380. The topological polar surface area (TPSA) is 54.4 Å². The third kappa shape index (κ3) is 7.77. The molecular weight excluding hydrogens is 252 g/mol. The Balaban J connectivity index is -0.000000403. The predicted molar refractivity (Wildman–Crippen MR) is 67.0 cm³/mol. The zero-order chi connectivity index (χ0) is 8.48. The summed E-state index contributed by atoms with van der Waals surface area (Å²) < 4.78 is 29.6. The molecule has 0 aliphatic rings. The van der Waals surface area contributed by atoms with E-state index in [9.17, 15) is 8.42 Å². The van der Waals surface area contributed by atoms with Crippen LogP contribution in [0.25, 0.3) is 0 Å². The van der Waals surface area contributed by atoms with Crippen molar-refractivity contribution in [3.63, 3.8) is 0 Å². The number of benzene rings is 1. The average Bonchev–Trinajstić information content (AvgIpc) is 1.86. The predicted octanol–water partition coefficient (Wildman–Crippen LogP) is -1.51. The van der Waals surface area contributed by atoms with Gasteiger partial charge in [-0.2, -0.15) is 8.42 Å². The first-order valence-electron chi connectivity index (χ1n) is 2.83. The molecule has 0 heterocycles. The Morgan fingerprint density at radius 1 is 1.14 bits per heavy atom. The van der Waals surface area contributed by atoms with Gasteiger partial charge in [0, 0.05) is 0 Å². The molecule has 0 aliphatic heterocycles. The van der Waals surface area contributed by atoms with Crippen molar-refractivity contribution in [1.29, 1.82) is 0 Å². The van der Waals surface area contributed by atoms with E-state index < -0.39 is 10.1 Å². The first-order chi connectivity index (χ1) is 5.00. The van der Waals surface area contributed by atoms with Crippen molar-refractivity contribution in [2.45, 2.75) is 4.90 Å². The van der Waals surface area contributed by atoms with Crippen LogP contribution in [0.2, 0.25) is 0 Å². The van der Waals surface area contributed by atoms with E-state index >= 15 is 0 Å². The van der Waals surface area contributed by atoms with Gasteiger partial charge in [0.1, 0.15) is 0 Å². The fourth-order valence-corrected chi connectivity index (χ4v) is 1.62. The van der Waals surface area contributed by atoms with E-state index in [2.05, 4.69) is 9.24 Å². The summed E-state index contributed by atoms with van der Waals surface area (Å²) in [6.45, 7) is 0. The molecule has 0 saturated carbocycles. The Morgan fingerprint density at radius 3 is 1.93 bits per heavy atom. The molecule has 0 saturated heterocycles. The molecule has 14 heavy (non-hydrogen) atoms. The Hall–Kier alpha value is 2.56. The second kappa shape index (κ2) is 9.58. The molecule has 0 aromatic heterocycles. The molecule has 8 heteroatoms. The molecule has 0 spiro atoms. The second-order valence-corrected chi connectivity index (χ2v) is 4.14. The Labute approximate surface area is 153 Å². The minimum atomic E-state index is -4.04. The van der Waals surface area contributed by atoms with Gasteiger partial charge >= 0.3 is 88.7 Å². The van der Waals surface area contributed by atoms with Gasteiger partial charge in [-0.1, -0.05) is 12.1 Å². The zero-order valence-corrected chi connectivity index (χ0v) is 7.53. The summed E-state index contributed by atoms with van der Waals surface area (Å²) >= 11 is 0. The van der Waals surface area contributed by atoms with Crippen LogP contribution in [-0.4, -0.2) is 102 Å². The van der Waals surface area contributed by atoms with E-state index in [0.717, 1.165) is 5.30 Å². The van der Waals surface area contributed by atoms with Gasteiger partial charge in [0.2, 0.25) is 0 Å². The number of rotatable bonds is 1. The second-order valence-electron chi connectivity index (χ2n) is 2.05. The van der Waals surface area contributed by atoms with E-state index in [1.54, 1.807) is 12.1 Å². The number of hydrogen-bond acceptors (Lipinski definition) is 2. The summed E-state index contributed by atoms with van der Waals surface area (Å²) in [5, 5.41) is 0.722. The summed E-state index contributed by atoms with van der Waals surface area (Å²) in [5.41, 5.74) is 0. The summed E-state index contributed by atoms with van der Waals surface area (Å²) in [6.07, 6.45) is 0. The monoisotopic (exact) mass is 262 g/mol. The molecule has 66 valence electrons. The fourth-order valence-electron chi connectivity index (χ4n) is 0.675. The molecule has 3 nitrogen and oxygen atoms in total. The van der Waals surface area contributed by atoms with E-state index in [-0.39, 0.29) is 93.6 Å². The van der Waals surface area contributed by atoms with Crippen molar-refractivity contribution in [1.82, 2.24) is 0 Å². The van der Waals surface area contributed by atoms with Crippen LogP contribution in [0, 0.1) is 0 Å². The Bertz CT molecular complexity index is 368. The summed E-state index contributed by atoms with van der Waals surface area (Å²) in [5.74, 6) is 0. The normalized spacial score (nSPS) is 9.00. The van der Waals surface area contributed by atoms with Crippen LogP contribution in [0.3, 0.4) is 0 Å². The minimum absolute atomic E-state index is 0. The Morgan fingerprint density at radius 2 is 1.64 bits per heavy atom. The summed E-state index contributed by atoms with van der Waals surface area (Å²) in [4.78, 5) is -0.0787. The van der Waals surface area contributed by atoms with Gasteiger partial charge in [0.25, 0.3) is 10.1 Å². The average molecular weight is 262 g/mol. The molecule has 0 bridgehead atoms. The SMILES string of the molecule is O=S(=O)(O)c1cccc(P)c1.[NaH].[NaH].[NaH]. The molecule has 0 radical (unpaired) electrons. The van der Waals surface area contributed by atoms with E-state index in [0.29, 0.717) is 0 Å². The van der Waals surface area contributed by atoms with Gasteiger partial charge in [-0.3, -0.25) is 4.55 Å². The fraction of sp³-hybridized carbons (Fsp3) is 0. The Kier molecular flexibility index (Phi) is 14.9. The van der Waals surface area contributed by atoms with Crippen LogP contribution in [-0.2, 0) is 10.1 Å². The van der Waals surface area contributed by atoms with E-state index in [4.69, 9.17) is 4.55 Å². The van der Waals surface area contributed by atoms with Gasteiger partial charge in [-0.25, -0.2) is 0 Å². The van der Waals surface area contributed by atoms with Crippen molar-refractivity contribution >= 4 is 113 Å². The van der Waals surface area contributed by atoms with Gasteiger partial charge < -0.3 is 0 Å². The summed E-state index contributed by atoms with van der Waals surface area (Å²) in [6, 6.07) is 5.99. The maximum atomic E-state index is 10.5. The zero-order valence-electron chi connectivity index (χ0n) is 5.56. The molecule has 1 rings (SSSR count). The van der Waals surface area contributed by atoms with E-state index in [1.165, 1.54) is 12.1 Å². The molecule has 0 fully saturated rings. The van der Waals surface area contributed by atoms with Crippen molar-refractivity contribution in [2.75, 3.05) is 0 Å². The first-order valence-corrected chi connectivity index (χ1v) is 4.85. The summed E-state index contributed by atoms with van der Waals surface area (Å²) in [7, 11) is -1.69. The third-order valence-corrected chi connectivity index (χ3v) is 2.36. The first kappa shape index (κ1) is 21.8. The van der Waals surface area contributed by atoms with Crippen LogP contribution in [0.15, 0.2) is 29.2 Å². The van der Waals surface area contributed by atoms with Crippen molar-refractivity contribution < 1.29 is 13.0 Å². The maximum absolute atomic E-state index is 10.5. The van der Waals surface area contributed by atoms with Crippen molar-refractivity contribution in [2.24, 2.45) is 0 Å². The van der Waals surface area contributed by atoms with Crippen LogP contribution in [0.4, 0.5) is 0 Å². The molecule has 1 aromatic rings. The molecule has 1 unspecified atom stereocenters. The van der Waals surface area contributed by atoms with Crippen LogP contribution >= 0.6 is 9.24 Å². The number of hydrogen-bond donors (Lipinski definition) is 1. The molecule has 1 atom stereocenters. The molecule has 0 amide bonds. The van der Waals surface area contributed by atoms with Crippen molar-refractivity contribution in [3.8, 4) is 0 Å². The molecular formula is C6H10Na3O3PS. The molecule has 1 aromatic carbocycles. The van der Waals surface area contributed by atoms with Crippen molar-refractivity contribution in [3.05, 3.63) is 24.3 Å². The molecule has 0 aliphatic carbocycles.